The normalized spacial score (nSPS) is 9.40. The van der Waals surface area contributed by atoms with Crippen molar-refractivity contribution in [3.63, 3.8) is 0 Å². The molecule has 0 aliphatic heterocycles. The summed E-state index contributed by atoms with van der Waals surface area (Å²) in [6.07, 6.45) is -0.0710. The van der Waals surface area contributed by atoms with E-state index in [0.29, 0.717) is 10.0 Å². The van der Waals surface area contributed by atoms with Crippen molar-refractivity contribution in [1.29, 1.82) is 5.26 Å². The first-order valence-corrected chi connectivity index (χ1v) is 4.86. The molecule has 1 aromatic carbocycles. The van der Waals surface area contributed by atoms with E-state index in [0.717, 1.165) is 0 Å². The SMILES string of the molecule is COC(=O)Cc1c(Br)ccc(C#N)c1O. The molecule has 0 bridgehead atoms. The van der Waals surface area contributed by atoms with Crippen molar-refractivity contribution in [3.05, 3.63) is 27.7 Å². The number of phenolic OH excluding ortho intramolecular Hbond substituents is 1. The van der Waals surface area contributed by atoms with Gasteiger partial charge in [-0.3, -0.25) is 4.79 Å². The molecule has 0 fully saturated rings. The number of hydrogen-bond acceptors (Lipinski definition) is 4. The fourth-order valence-electron chi connectivity index (χ4n) is 1.09. The Hall–Kier alpha value is -1.54. The van der Waals surface area contributed by atoms with Crippen LogP contribution in [0.2, 0.25) is 0 Å². The van der Waals surface area contributed by atoms with E-state index in [9.17, 15) is 9.90 Å². The Morgan fingerprint density at radius 1 is 1.67 bits per heavy atom. The van der Waals surface area contributed by atoms with Crippen molar-refractivity contribution >= 4 is 21.9 Å². The smallest absolute Gasteiger partial charge is 0.310 e. The van der Waals surface area contributed by atoms with Gasteiger partial charge >= 0.3 is 5.97 Å². The van der Waals surface area contributed by atoms with Crippen LogP contribution in [0.3, 0.4) is 0 Å². The van der Waals surface area contributed by atoms with Gasteiger partial charge in [0.2, 0.25) is 0 Å². The van der Waals surface area contributed by atoms with E-state index in [1.165, 1.54) is 13.2 Å². The highest BCUT2D eigenvalue weighted by Gasteiger charge is 2.14. The highest BCUT2D eigenvalue weighted by molar-refractivity contribution is 9.10. The van der Waals surface area contributed by atoms with Gasteiger partial charge in [-0.25, -0.2) is 0 Å². The summed E-state index contributed by atoms with van der Waals surface area (Å²) < 4.78 is 5.06. The lowest BCUT2D eigenvalue weighted by Crippen LogP contribution is -2.05. The predicted molar refractivity (Wildman–Crippen MR) is 56.2 cm³/mol. The number of ether oxygens (including phenoxy) is 1. The van der Waals surface area contributed by atoms with Gasteiger partial charge in [0, 0.05) is 10.0 Å². The monoisotopic (exact) mass is 269 g/mol. The third kappa shape index (κ3) is 2.48. The minimum atomic E-state index is -0.471. The lowest BCUT2D eigenvalue weighted by atomic mass is 10.1. The molecule has 1 N–H and O–H groups in total. The van der Waals surface area contributed by atoms with Gasteiger partial charge in [-0.05, 0) is 12.1 Å². The molecule has 0 unspecified atom stereocenters. The number of phenols is 1. The van der Waals surface area contributed by atoms with Gasteiger partial charge < -0.3 is 9.84 Å². The van der Waals surface area contributed by atoms with E-state index in [2.05, 4.69) is 20.7 Å². The van der Waals surface area contributed by atoms with Crippen LogP contribution in [-0.2, 0) is 16.0 Å². The quantitative estimate of drug-likeness (QED) is 0.831. The average Bonchev–Trinajstić information content (AvgIpc) is 2.24. The van der Waals surface area contributed by atoms with E-state index in [1.54, 1.807) is 6.07 Å². The molecule has 0 saturated carbocycles. The van der Waals surface area contributed by atoms with Gasteiger partial charge in [0.25, 0.3) is 0 Å². The summed E-state index contributed by atoms with van der Waals surface area (Å²) in [6, 6.07) is 4.91. The van der Waals surface area contributed by atoms with Crippen molar-refractivity contribution in [2.24, 2.45) is 0 Å². The number of carbonyl (C=O) groups is 1. The molecule has 0 aromatic heterocycles. The molecule has 0 amide bonds. The molecule has 1 rings (SSSR count). The van der Waals surface area contributed by atoms with Crippen molar-refractivity contribution < 1.29 is 14.6 Å². The Morgan fingerprint density at radius 3 is 2.87 bits per heavy atom. The van der Waals surface area contributed by atoms with Crippen LogP contribution in [0, 0.1) is 11.3 Å². The van der Waals surface area contributed by atoms with E-state index in [4.69, 9.17) is 5.26 Å². The van der Waals surface area contributed by atoms with E-state index in [-0.39, 0.29) is 17.7 Å². The summed E-state index contributed by atoms with van der Waals surface area (Å²) in [7, 11) is 1.27. The zero-order chi connectivity index (χ0) is 11.4. The van der Waals surface area contributed by atoms with Crippen LogP contribution < -0.4 is 0 Å². The Morgan fingerprint density at radius 2 is 2.33 bits per heavy atom. The zero-order valence-corrected chi connectivity index (χ0v) is 9.54. The van der Waals surface area contributed by atoms with Crippen LogP contribution in [0.1, 0.15) is 11.1 Å². The van der Waals surface area contributed by atoms with E-state index < -0.39 is 5.97 Å². The van der Waals surface area contributed by atoms with Crippen LogP contribution >= 0.6 is 15.9 Å². The Bertz CT molecular complexity index is 437. The summed E-state index contributed by atoms with van der Waals surface area (Å²) >= 11 is 3.19. The van der Waals surface area contributed by atoms with Crippen LogP contribution in [0.4, 0.5) is 0 Å². The molecule has 0 aliphatic rings. The second-order valence-corrected chi connectivity index (χ2v) is 3.64. The molecule has 0 radical (unpaired) electrons. The topological polar surface area (TPSA) is 70.3 Å². The van der Waals surface area contributed by atoms with Crippen molar-refractivity contribution in [2.75, 3.05) is 7.11 Å². The molecule has 4 nitrogen and oxygen atoms in total. The maximum absolute atomic E-state index is 11.0. The lowest BCUT2D eigenvalue weighted by Gasteiger charge is -2.07. The first-order valence-electron chi connectivity index (χ1n) is 4.07. The second-order valence-electron chi connectivity index (χ2n) is 2.79. The molecule has 0 spiro atoms. The molecule has 0 saturated heterocycles. The molecular formula is C10H8BrNO3. The van der Waals surface area contributed by atoms with Gasteiger partial charge in [-0.1, -0.05) is 15.9 Å². The summed E-state index contributed by atoms with van der Waals surface area (Å²) in [5, 5.41) is 18.3. The first-order chi connectivity index (χ1) is 7.10. The number of carbonyl (C=O) groups excluding carboxylic acids is 1. The fraction of sp³-hybridized carbons (Fsp3) is 0.200. The Kier molecular flexibility index (Phi) is 3.69. The molecule has 0 aliphatic carbocycles. The molecule has 15 heavy (non-hydrogen) atoms. The second kappa shape index (κ2) is 4.80. The minimum Gasteiger partial charge on any atom is -0.506 e. The Balaban J connectivity index is 3.16. The lowest BCUT2D eigenvalue weighted by molar-refractivity contribution is -0.139. The minimum absolute atomic E-state index is 0.0710. The average molecular weight is 270 g/mol. The molecule has 1 aromatic rings. The maximum Gasteiger partial charge on any atom is 0.310 e. The number of nitrogens with zero attached hydrogens (tertiary/aromatic N) is 1. The molecule has 78 valence electrons. The summed E-state index contributed by atoms with van der Waals surface area (Å²) in [4.78, 5) is 11.0. The standard InChI is InChI=1S/C10H8BrNO3/c1-15-9(13)4-7-8(11)3-2-6(5-12)10(7)14/h2-3,14H,4H2,1H3. The molecule has 0 heterocycles. The third-order valence-corrected chi connectivity index (χ3v) is 2.64. The number of esters is 1. The van der Waals surface area contributed by atoms with Crippen LogP contribution in [0.15, 0.2) is 16.6 Å². The van der Waals surface area contributed by atoms with Crippen LogP contribution in [-0.4, -0.2) is 18.2 Å². The molecular weight excluding hydrogens is 262 g/mol. The molecule has 0 atom stereocenters. The number of nitriles is 1. The first kappa shape index (κ1) is 11.5. The van der Waals surface area contributed by atoms with Crippen LogP contribution in [0.25, 0.3) is 0 Å². The zero-order valence-electron chi connectivity index (χ0n) is 7.95. The number of hydrogen-bond donors (Lipinski definition) is 1. The van der Waals surface area contributed by atoms with E-state index in [1.807, 2.05) is 6.07 Å². The number of methoxy groups -OCH3 is 1. The third-order valence-electron chi connectivity index (χ3n) is 1.89. The number of aromatic hydroxyl groups is 1. The largest absolute Gasteiger partial charge is 0.506 e. The summed E-state index contributed by atoms with van der Waals surface area (Å²) in [6.45, 7) is 0. The highest BCUT2D eigenvalue weighted by Crippen LogP contribution is 2.29. The fourth-order valence-corrected chi connectivity index (χ4v) is 1.55. The van der Waals surface area contributed by atoms with Crippen molar-refractivity contribution in [2.45, 2.75) is 6.42 Å². The van der Waals surface area contributed by atoms with E-state index >= 15 is 0 Å². The number of rotatable bonds is 2. The number of halogens is 1. The van der Waals surface area contributed by atoms with Crippen molar-refractivity contribution in [3.8, 4) is 11.8 Å². The Labute approximate surface area is 95.2 Å². The highest BCUT2D eigenvalue weighted by atomic mass is 79.9. The summed E-state index contributed by atoms with van der Waals surface area (Å²) in [5.41, 5.74) is 0.498. The predicted octanol–water partition coefficient (Wildman–Crippen LogP) is 1.74. The van der Waals surface area contributed by atoms with Gasteiger partial charge in [0.15, 0.2) is 0 Å². The van der Waals surface area contributed by atoms with Gasteiger partial charge in [0.05, 0.1) is 19.1 Å². The van der Waals surface area contributed by atoms with Gasteiger partial charge in [-0.15, -0.1) is 0 Å². The maximum atomic E-state index is 11.0. The van der Waals surface area contributed by atoms with Gasteiger partial charge in [-0.2, -0.15) is 5.26 Å². The number of benzene rings is 1. The van der Waals surface area contributed by atoms with Gasteiger partial charge in [0.1, 0.15) is 11.8 Å². The van der Waals surface area contributed by atoms with Crippen LogP contribution in [0.5, 0.6) is 5.75 Å². The molecule has 5 heteroatoms. The van der Waals surface area contributed by atoms with Crippen molar-refractivity contribution in [1.82, 2.24) is 0 Å². The summed E-state index contributed by atoms with van der Waals surface area (Å²) in [5.74, 6) is -0.654.